The van der Waals surface area contributed by atoms with Crippen LogP contribution >= 0.6 is 0 Å². The number of ether oxygens (including phenoxy) is 1. The Hall–Kier alpha value is -3.34. The molecule has 5 nitrogen and oxygen atoms in total. The Morgan fingerprint density at radius 2 is 1.52 bits per heavy atom. The molecule has 0 aliphatic rings. The van der Waals surface area contributed by atoms with Gasteiger partial charge < -0.3 is 15.5 Å². The van der Waals surface area contributed by atoms with Gasteiger partial charge in [0.2, 0.25) is 0 Å². The summed E-state index contributed by atoms with van der Waals surface area (Å²) in [7, 11) is 0. The van der Waals surface area contributed by atoms with E-state index in [0.29, 0.717) is 18.6 Å². The van der Waals surface area contributed by atoms with Crippen molar-refractivity contribution in [3.8, 4) is 0 Å². The number of aromatic amines is 1. The van der Waals surface area contributed by atoms with Gasteiger partial charge in [-0.05, 0) is 36.1 Å². The Morgan fingerprint density at radius 1 is 0.963 bits per heavy atom. The summed E-state index contributed by atoms with van der Waals surface area (Å²) in [6.07, 6.45) is 3.23. The van der Waals surface area contributed by atoms with Gasteiger partial charge in [0.25, 0.3) is 0 Å². The lowest BCUT2D eigenvalue weighted by Gasteiger charge is -2.07. The number of carbonyl (C=O) groups is 1. The van der Waals surface area contributed by atoms with Crippen LogP contribution in [0.2, 0.25) is 0 Å². The fourth-order valence-corrected chi connectivity index (χ4v) is 2.97. The normalized spacial score (nSPS) is 10.6. The van der Waals surface area contributed by atoms with Crippen LogP contribution in [0, 0.1) is 5.41 Å². The van der Waals surface area contributed by atoms with E-state index in [9.17, 15) is 4.79 Å². The van der Waals surface area contributed by atoms with Crippen LogP contribution in [0.5, 0.6) is 0 Å². The molecule has 0 saturated carbocycles. The molecule has 138 valence electrons. The molecule has 0 radical (unpaired) electrons. The van der Waals surface area contributed by atoms with Crippen molar-refractivity contribution in [2.24, 2.45) is 5.73 Å². The van der Waals surface area contributed by atoms with Gasteiger partial charge in [-0.15, -0.1) is 0 Å². The Morgan fingerprint density at radius 3 is 2.07 bits per heavy atom. The predicted molar refractivity (Wildman–Crippen MR) is 106 cm³/mol. The van der Waals surface area contributed by atoms with Crippen molar-refractivity contribution in [2.45, 2.75) is 19.8 Å². The average molecular weight is 361 g/mol. The Bertz CT molecular complexity index is 925. The molecular formula is C22H23N3O2. The zero-order valence-corrected chi connectivity index (χ0v) is 15.3. The summed E-state index contributed by atoms with van der Waals surface area (Å²) in [5.74, 6) is -0.211. The van der Waals surface area contributed by atoms with Crippen molar-refractivity contribution in [2.75, 3.05) is 6.61 Å². The molecule has 1 heterocycles. The molecule has 0 spiro atoms. The minimum absolute atomic E-state index is 0.0809. The zero-order chi connectivity index (χ0) is 19.2. The summed E-state index contributed by atoms with van der Waals surface area (Å²) in [6.45, 7) is 2.17. The zero-order valence-electron chi connectivity index (χ0n) is 15.3. The monoisotopic (exact) mass is 361 g/mol. The first-order chi connectivity index (χ1) is 13.1. The van der Waals surface area contributed by atoms with Crippen molar-refractivity contribution in [3.63, 3.8) is 0 Å². The van der Waals surface area contributed by atoms with Gasteiger partial charge in [0.1, 0.15) is 5.84 Å². The maximum absolute atomic E-state index is 12.0. The van der Waals surface area contributed by atoms with Crippen LogP contribution in [-0.4, -0.2) is 23.4 Å². The van der Waals surface area contributed by atoms with Crippen molar-refractivity contribution in [1.82, 2.24) is 4.98 Å². The largest absolute Gasteiger partial charge is 0.462 e. The van der Waals surface area contributed by atoms with Crippen LogP contribution in [0.4, 0.5) is 0 Å². The van der Waals surface area contributed by atoms with Crippen LogP contribution < -0.4 is 5.73 Å². The van der Waals surface area contributed by atoms with E-state index in [2.05, 4.69) is 29.2 Å². The minimum Gasteiger partial charge on any atom is -0.462 e. The third-order valence-corrected chi connectivity index (χ3v) is 4.41. The van der Waals surface area contributed by atoms with E-state index < -0.39 is 0 Å². The second-order valence-corrected chi connectivity index (χ2v) is 6.37. The maximum atomic E-state index is 12.0. The summed E-state index contributed by atoms with van der Waals surface area (Å²) in [4.78, 5) is 15.1. The minimum atomic E-state index is -0.292. The number of carbonyl (C=O) groups excluding carboxylic acids is 1. The summed E-state index contributed by atoms with van der Waals surface area (Å²) < 4.78 is 5.09. The number of nitrogens with two attached hydrogens (primary N) is 1. The number of H-pyrrole nitrogens is 1. The van der Waals surface area contributed by atoms with Crippen molar-refractivity contribution in [1.29, 1.82) is 5.41 Å². The van der Waals surface area contributed by atoms with E-state index >= 15 is 0 Å². The third-order valence-electron chi connectivity index (χ3n) is 4.41. The van der Waals surface area contributed by atoms with Gasteiger partial charge in [-0.1, -0.05) is 48.5 Å². The van der Waals surface area contributed by atoms with E-state index in [-0.39, 0.29) is 11.8 Å². The first-order valence-electron chi connectivity index (χ1n) is 8.91. The Labute approximate surface area is 158 Å². The molecule has 0 aliphatic carbocycles. The van der Waals surface area contributed by atoms with E-state index in [0.717, 1.165) is 23.2 Å². The first kappa shape index (κ1) is 18.5. The number of nitrogens with one attached hydrogen (secondary N) is 2. The first-order valence-corrected chi connectivity index (χ1v) is 8.91. The van der Waals surface area contributed by atoms with Crippen LogP contribution in [0.3, 0.4) is 0 Å². The highest BCUT2D eigenvalue weighted by Gasteiger charge is 2.13. The number of amidine groups is 1. The number of hydrogen-bond acceptors (Lipinski definition) is 3. The number of esters is 1. The van der Waals surface area contributed by atoms with E-state index in [1.54, 1.807) is 19.2 Å². The second-order valence-electron chi connectivity index (χ2n) is 6.37. The lowest BCUT2D eigenvalue weighted by molar-refractivity contribution is 0.0525. The molecule has 0 bridgehead atoms. The predicted octanol–water partition coefficient (Wildman–Crippen LogP) is 3.66. The van der Waals surface area contributed by atoms with Gasteiger partial charge in [-0.25, -0.2) is 4.79 Å². The highest BCUT2D eigenvalue weighted by atomic mass is 16.5. The lowest BCUT2D eigenvalue weighted by Crippen LogP contribution is -2.10. The van der Waals surface area contributed by atoms with E-state index in [1.165, 1.54) is 11.1 Å². The van der Waals surface area contributed by atoms with Crippen molar-refractivity contribution in [3.05, 3.63) is 94.3 Å². The molecule has 0 unspecified atom stereocenters. The van der Waals surface area contributed by atoms with Gasteiger partial charge in [-0.3, -0.25) is 5.41 Å². The molecule has 3 aromatic rings. The van der Waals surface area contributed by atoms with Crippen LogP contribution in [0.1, 0.15) is 45.2 Å². The van der Waals surface area contributed by atoms with Gasteiger partial charge in [0.15, 0.2) is 0 Å². The number of benzene rings is 2. The molecule has 3 rings (SSSR count). The second kappa shape index (κ2) is 8.36. The standard InChI is InChI=1S/C22H23N3O2/c1-2-27-22(26)19-11-12-25-20(19)14-17-5-3-15(4-6-17)13-16-7-9-18(10-8-16)21(23)24/h3-12,25H,2,13-14H2,1H3,(H3,23,24). The lowest BCUT2D eigenvalue weighted by atomic mass is 10.0. The molecule has 1 aromatic heterocycles. The Kier molecular flexibility index (Phi) is 5.71. The molecule has 4 N–H and O–H groups in total. The highest BCUT2D eigenvalue weighted by Crippen LogP contribution is 2.17. The topological polar surface area (TPSA) is 92.0 Å². The third kappa shape index (κ3) is 4.64. The van der Waals surface area contributed by atoms with Crippen LogP contribution in [0.25, 0.3) is 0 Å². The fraction of sp³-hybridized carbons (Fsp3) is 0.182. The molecule has 0 aliphatic heterocycles. The van der Waals surface area contributed by atoms with Crippen molar-refractivity contribution >= 4 is 11.8 Å². The summed E-state index contributed by atoms with van der Waals surface area (Å²) in [6, 6.07) is 17.8. The van der Waals surface area contributed by atoms with Gasteiger partial charge in [-0.2, -0.15) is 0 Å². The molecule has 0 atom stereocenters. The quantitative estimate of drug-likeness (QED) is 0.341. The number of hydrogen-bond donors (Lipinski definition) is 3. The maximum Gasteiger partial charge on any atom is 0.339 e. The fourth-order valence-electron chi connectivity index (χ4n) is 2.97. The summed E-state index contributed by atoms with van der Waals surface area (Å²) in [5.41, 5.74) is 11.2. The molecule has 0 fully saturated rings. The van der Waals surface area contributed by atoms with E-state index in [4.69, 9.17) is 15.9 Å². The molecule has 5 heteroatoms. The molecule has 27 heavy (non-hydrogen) atoms. The molecule has 2 aromatic carbocycles. The smallest absolute Gasteiger partial charge is 0.339 e. The SMILES string of the molecule is CCOC(=O)c1cc[nH]c1Cc1ccc(Cc2ccc(C(=N)N)cc2)cc1. The number of aromatic nitrogens is 1. The van der Waals surface area contributed by atoms with E-state index in [1.807, 2.05) is 24.3 Å². The average Bonchev–Trinajstić information content (AvgIpc) is 3.12. The van der Waals surface area contributed by atoms with Gasteiger partial charge in [0, 0.05) is 23.9 Å². The van der Waals surface area contributed by atoms with Crippen molar-refractivity contribution < 1.29 is 9.53 Å². The summed E-state index contributed by atoms with van der Waals surface area (Å²) >= 11 is 0. The summed E-state index contributed by atoms with van der Waals surface area (Å²) in [5, 5.41) is 7.44. The molecule has 0 amide bonds. The highest BCUT2D eigenvalue weighted by molar-refractivity contribution is 5.94. The number of rotatable bonds is 7. The van der Waals surface area contributed by atoms with Crippen LogP contribution in [-0.2, 0) is 17.6 Å². The Balaban J connectivity index is 1.66. The van der Waals surface area contributed by atoms with Gasteiger partial charge in [0.05, 0.1) is 12.2 Å². The molecular weight excluding hydrogens is 338 g/mol. The van der Waals surface area contributed by atoms with Gasteiger partial charge >= 0.3 is 5.97 Å². The number of nitrogen functional groups attached to an aromatic ring is 1. The van der Waals surface area contributed by atoms with Crippen LogP contribution in [0.15, 0.2) is 60.8 Å². The molecule has 0 saturated heterocycles.